The maximum Gasteiger partial charge on any atom is 0.118 e. The zero-order valence-electron chi connectivity index (χ0n) is 13.3. The minimum Gasteiger partial charge on any atom is -0.497 e. The third kappa shape index (κ3) is 3.53. The van der Waals surface area contributed by atoms with Gasteiger partial charge in [-0.1, -0.05) is 19.1 Å². The Hall–Kier alpha value is -1.06. The quantitative estimate of drug-likeness (QED) is 0.914. The molecule has 3 nitrogen and oxygen atoms in total. The van der Waals surface area contributed by atoms with Crippen LogP contribution < -0.4 is 10.1 Å². The molecule has 1 saturated heterocycles. The smallest absolute Gasteiger partial charge is 0.118 e. The fourth-order valence-electron chi connectivity index (χ4n) is 2.92. The molecule has 0 spiro atoms. The summed E-state index contributed by atoms with van der Waals surface area (Å²) in [5.74, 6) is 0.928. The summed E-state index contributed by atoms with van der Waals surface area (Å²) in [6.07, 6.45) is 2.38. The summed E-state index contributed by atoms with van der Waals surface area (Å²) in [6.45, 7) is 10.3. The van der Waals surface area contributed by atoms with Crippen LogP contribution in [0.4, 0.5) is 0 Å². The van der Waals surface area contributed by atoms with Crippen LogP contribution in [-0.2, 0) is 0 Å². The summed E-state index contributed by atoms with van der Waals surface area (Å²) in [6, 6.07) is 8.93. The molecule has 3 heteroatoms. The van der Waals surface area contributed by atoms with Crippen LogP contribution >= 0.6 is 0 Å². The first kappa shape index (κ1) is 15.3. The summed E-state index contributed by atoms with van der Waals surface area (Å²) in [5.41, 5.74) is 1.60. The average molecular weight is 276 g/mol. The standard InChI is InChI=1S/C17H28N2O/c1-5-17(3)13-19(12-6-11-18-17)14(2)15-7-9-16(20-4)10-8-15/h7-10,14,18H,5-6,11-13H2,1-4H3. The van der Waals surface area contributed by atoms with Gasteiger partial charge in [0.15, 0.2) is 0 Å². The zero-order valence-corrected chi connectivity index (χ0v) is 13.3. The van der Waals surface area contributed by atoms with Gasteiger partial charge in [0.1, 0.15) is 5.75 Å². The number of ether oxygens (including phenoxy) is 1. The van der Waals surface area contributed by atoms with Crippen molar-refractivity contribution in [3.8, 4) is 5.75 Å². The number of rotatable bonds is 4. The summed E-state index contributed by atoms with van der Waals surface area (Å²) < 4.78 is 5.24. The van der Waals surface area contributed by atoms with Crippen molar-refractivity contribution in [1.82, 2.24) is 10.2 Å². The third-order valence-electron chi connectivity index (χ3n) is 4.65. The van der Waals surface area contributed by atoms with Crippen molar-refractivity contribution in [3.05, 3.63) is 29.8 Å². The van der Waals surface area contributed by atoms with Crippen LogP contribution in [0, 0.1) is 0 Å². The molecule has 1 aliphatic heterocycles. The van der Waals surface area contributed by atoms with Crippen molar-refractivity contribution in [3.63, 3.8) is 0 Å². The first-order chi connectivity index (χ1) is 9.58. The van der Waals surface area contributed by atoms with Gasteiger partial charge in [0.05, 0.1) is 7.11 Å². The topological polar surface area (TPSA) is 24.5 Å². The van der Waals surface area contributed by atoms with E-state index in [4.69, 9.17) is 4.74 Å². The van der Waals surface area contributed by atoms with E-state index in [1.54, 1.807) is 7.11 Å². The van der Waals surface area contributed by atoms with E-state index in [-0.39, 0.29) is 5.54 Å². The van der Waals surface area contributed by atoms with Crippen LogP contribution in [0.15, 0.2) is 24.3 Å². The molecule has 0 aliphatic carbocycles. The van der Waals surface area contributed by atoms with Crippen molar-refractivity contribution >= 4 is 0 Å². The number of hydrogen-bond acceptors (Lipinski definition) is 3. The van der Waals surface area contributed by atoms with Crippen LogP contribution in [0.3, 0.4) is 0 Å². The number of benzene rings is 1. The zero-order chi connectivity index (χ0) is 14.6. The van der Waals surface area contributed by atoms with Crippen molar-refractivity contribution < 1.29 is 4.74 Å². The van der Waals surface area contributed by atoms with Gasteiger partial charge in [0.25, 0.3) is 0 Å². The van der Waals surface area contributed by atoms with E-state index >= 15 is 0 Å². The molecule has 0 saturated carbocycles. The molecule has 1 N–H and O–H groups in total. The molecule has 2 unspecified atom stereocenters. The molecule has 0 bridgehead atoms. The third-order valence-corrected chi connectivity index (χ3v) is 4.65. The lowest BCUT2D eigenvalue weighted by atomic mass is 9.97. The van der Waals surface area contributed by atoms with E-state index in [1.807, 2.05) is 0 Å². The second-order valence-corrected chi connectivity index (χ2v) is 6.11. The van der Waals surface area contributed by atoms with E-state index < -0.39 is 0 Å². The van der Waals surface area contributed by atoms with Gasteiger partial charge in [-0.3, -0.25) is 4.90 Å². The highest BCUT2D eigenvalue weighted by molar-refractivity contribution is 5.29. The molecule has 20 heavy (non-hydrogen) atoms. The maximum atomic E-state index is 5.24. The van der Waals surface area contributed by atoms with Crippen LogP contribution in [-0.4, -0.2) is 37.2 Å². The van der Waals surface area contributed by atoms with Gasteiger partial charge >= 0.3 is 0 Å². The Labute approximate surface area is 123 Å². The van der Waals surface area contributed by atoms with Gasteiger partial charge in [0.2, 0.25) is 0 Å². The minimum atomic E-state index is 0.233. The van der Waals surface area contributed by atoms with E-state index in [1.165, 1.54) is 18.4 Å². The van der Waals surface area contributed by atoms with Gasteiger partial charge in [-0.25, -0.2) is 0 Å². The van der Waals surface area contributed by atoms with Gasteiger partial charge < -0.3 is 10.1 Å². The van der Waals surface area contributed by atoms with Gasteiger partial charge in [-0.2, -0.15) is 0 Å². The van der Waals surface area contributed by atoms with Gasteiger partial charge in [-0.05, 0) is 50.9 Å². The average Bonchev–Trinajstić information content (AvgIpc) is 2.69. The highest BCUT2D eigenvalue weighted by atomic mass is 16.5. The molecule has 1 heterocycles. The SMILES string of the molecule is CCC1(C)CN(C(C)c2ccc(OC)cc2)CCCN1. The summed E-state index contributed by atoms with van der Waals surface area (Å²) in [5, 5.41) is 3.70. The van der Waals surface area contributed by atoms with Crippen LogP contribution in [0.2, 0.25) is 0 Å². The van der Waals surface area contributed by atoms with Gasteiger partial charge in [-0.15, -0.1) is 0 Å². The van der Waals surface area contributed by atoms with Crippen molar-refractivity contribution in [1.29, 1.82) is 0 Å². The Morgan fingerprint density at radius 3 is 2.65 bits per heavy atom. The number of nitrogens with one attached hydrogen (secondary N) is 1. The van der Waals surface area contributed by atoms with E-state index in [9.17, 15) is 0 Å². The molecule has 0 radical (unpaired) electrons. The first-order valence-electron chi connectivity index (χ1n) is 7.71. The van der Waals surface area contributed by atoms with Crippen molar-refractivity contribution in [2.45, 2.75) is 45.2 Å². The minimum absolute atomic E-state index is 0.233. The molecule has 0 amide bonds. The fourth-order valence-corrected chi connectivity index (χ4v) is 2.92. The Bertz CT molecular complexity index is 418. The Balaban J connectivity index is 2.11. The molecule has 1 fully saturated rings. The molecular formula is C17H28N2O. The maximum absolute atomic E-state index is 5.24. The summed E-state index contributed by atoms with van der Waals surface area (Å²) in [7, 11) is 1.71. The highest BCUT2D eigenvalue weighted by Crippen LogP contribution is 2.26. The van der Waals surface area contributed by atoms with Crippen LogP contribution in [0.5, 0.6) is 5.75 Å². The molecule has 1 aromatic carbocycles. The van der Waals surface area contributed by atoms with Crippen molar-refractivity contribution in [2.24, 2.45) is 0 Å². The molecule has 1 aromatic rings. The molecule has 2 atom stereocenters. The molecule has 112 valence electrons. The van der Waals surface area contributed by atoms with Gasteiger partial charge in [0, 0.05) is 24.7 Å². The second kappa shape index (κ2) is 6.59. The summed E-state index contributed by atoms with van der Waals surface area (Å²) in [4.78, 5) is 2.60. The largest absolute Gasteiger partial charge is 0.497 e. The molecule has 1 aliphatic rings. The van der Waals surface area contributed by atoms with E-state index in [2.05, 4.69) is 55.3 Å². The predicted octanol–water partition coefficient (Wildman–Crippen LogP) is 3.22. The highest BCUT2D eigenvalue weighted by Gasteiger charge is 2.29. The number of methoxy groups -OCH3 is 1. The normalized spacial score (nSPS) is 26.0. The lowest BCUT2D eigenvalue weighted by Gasteiger charge is -2.36. The fraction of sp³-hybridized carbons (Fsp3) is 0.647. The lowest BCUT2D eigenvalue weighted by molar-refractivity contribution is 0.169. The molecule has 0 aromatic heterocycles. The monoisotopic (exact) mass is 276 g/mol. The Morgan fingerprint density at radius 2 is 2.05 bits per heavy atom. The first-order valence-corrected chi connectivity index (χ1v) is 7.71. The van der Waals surface area contributed by atoms with Crippen LogP contribution in [0.1, 0.15) is 45.2 Å². The second-order valence-electron chi connectivity index (χ2n) is 6.11. The van der Waals surface area contributed by atoms with E-state index in [0.717, 1.165) is 25.4 Å². The molecular weight excluding hydrogens is 248 g/mol. The Morgan fingerprint density at radius 1 is 1.35 bits per heavy atom. The lowest BCUT2D eigenvalue weighted by Crippen LogP contribution is -2.48. The summed E-state index contributed by atoms with van der Waals surface area (Å²) >= 11 is 0. The molecule has 2 rings (SSSR count). The number of hydrogen-bond donors (Lipinski definition) is 1. The van der Waals surface area contributed by atoms with Crippen molar-refractivity contribution in [2.75, 3.05) is 26.7 Å². The Kier molecular flexibility index (Phi) is 5.06. The number of nitrogens with zero attached hydrogens (tertiary/aromatic N) is 1. The van der Waals surface area contributed by atoms with Crippen LogP contribution in [0.25, 0.3) is 0 Å². The predicted molar refractivity (Wildman–Crippen MR) is 84.3 cm³/mol. The van der Waals surface area contributed by atoms with E-state index in [0.29, 0.717) is 6.04 Å².